The zero-order chi connectivity index (χ0) is 14.8. The molecule has 0 unspecified atom stereocenters. The largest absolute Gasteiger partial charge is 0.491 e. The van der Waals surface area contributed by atoms with Crippen LogP contribution in [0.25, 0.3) is 0 Å². The molecule has 1 aliphatic heterocycles. The van der Waals surface area contributed by atoms with E-state index >= 15 is 0 Å². The van der Waals surface area contributed by atoms with E-state index in [-0.39, 0.29) is 0 Å². The molecule has 21 heavy (non-hydrogen) atoms. The third-order valence-corrected chi connectivity index (χ3v) is 3.74. The Bertz CT molecular complexity index is 681. The number of anilines is 1. The van der Waals surface area contributed by atoms with Crippen LogP contribution in [0, 0.1) is 6.92 Å². The first-order valence-electron chi connectivity index (χ1n) is 6.95. The summed E-state index contributed by atoms with van der Waals surface area (Å²) in [6.45, 7) is 4.11. The van der Waals surface area contributed by atoms with Crippen molar-refractivity contribution in [1.82, 2.24) is 0 Å². The molecule has 0 saturated heterocycles. The number of hydrogen-bond acceptors (Lipinski definition) is 3. The zero-order valence-electron chi connectivity index (χ0n) is 11.9. The first kappa shape index (κ1) is 13.5. The molecular formula is C17H17NO3. The molecule has 0 fully saturated rings. The van der Waals surface area contributed by atoms with Crippen LogP contribution < -0.4 is 9.64 Å². The summed E-state index contributed by atoms with van der Waals surface area (Å²) in [5.74, 6) is 0.0361. The van der Waals surface area contributed by atoms with Crippen molar-refractivity contribution >= 4 is 11.7 Å². The molecule has 3 rings (SSSR count). The summed E-state index contributed by atoms with van der Waals surface area (Å²) in [6, 6.07) is 13.3. The van der Waals surface area contributed by atoms with E-state index in [9.17, 15) is 4.79 Å². The minimum atomic E-state index is -0.894. The van der Waals surface area contributed by atoms with Gasteiger partial charge in [-0.2, -0.15) is 0 Å². The fourth-order valence-corrected chi connectivity index (χ4v) is 2.67. The van der Waals surface area contributed by atoms with Gasteiger partial charge in [0.1, 0.15) is 12.4 Å². The average Bonchev–Trinajstić information content (AvgIpc) is 2.69. The van der Waals surface area contributed by atoms with Gasteiger partial charge in [0.25, 0.3) is 0 Å². The SMILES string of the molecule is Cc1cc(C(=O)O)ccc1N1CCOc2ccccc2C1. The van der Waals surface area contributed by atoms with Gasteiger partial charge >= 0.3 is 5.97 Å². The van der Waals surface area contributed by atoms with E-state index in [0.717, 1.165) is 35.7 Å². The normalized spacial score (nSPS) is 14.0. The number of para-hydroxylation sites is 1. The molecule has 1 N–H and O–H groups in total. The number of ether oxygens (including phenoxy) is 1. The van der Waals surface area contributed by atoms with Crippen LogP contribution in [-0.2, 0) is 6.54 Å². The van der Waals surface area contributed by atoms with E-state index in [1.165, 1.54) is 0 Å². The van der Waals surface area contributed by atoms with Crippen LogP contribution in [0.15, 0.2) is 42.5 Å². The summed E-state index contributed by atoms with van der Waals surface area (Å²) in [5, 5.41) is 9.05. The number of nitrogens with zero attached hydrogens (tertiary/aromatic N) is 1. The fraction of sp³-hybridized carbons (Fsp3) is 0.235. The van der Waals surface area contributed by atoms with Gasteiger partial charge in [-0.1, -0.05) is 18.2 Å². The number of benzene rings is 2. The molecule has 1 aliphatic rings. The Morgan fingerprint density at radius 2 is 2.05 bits per heavy atom. The van der Waals surface area contributed by atoms with E-state index in [1.807, 2.05) is 31.2 Å². The Hall–Kier alpha value is -2.49. The highest BCUT2D eigenvalue weighted by Gasteiger charge is 2.17. The fourth-order valence-electron chi connectivity index (χ4n) is 2.67. The van der Waals surface area contributed by atoms with Crippen LogP contribution in [0.1, 0.15) is 21.5 Å². The van der Waals surface area contributed by atoms with Gasteiger partial charge in [0.15, 0.2) is 0 Å². The maximum atomic E-state index is 11.0. The van der Waals surface area contributed by atoms with Gasteiger partial charge in [-0.3, -0.25) is 0 Å². The molecule has 0 atom stereocenters. The van der Waals surface area contributed by atoms with Gasteiger partial charge in [-0.05, 0) is 36.8 Å². The Morgan fingerprint density at radius 3 is 2.81 bits per heavy atom. The summed E-state index contributed by atoms with van der Waals surface area (Å²) in [7, 11) is 0. The second-order valence-corrected chi connectivity index (χ2v) is 5.18. The van der Waals surface area contributed by atoms with Crippen molar-refractivity contribution in [2.45, 2.75) is 13.5 Å². The van der Waals surface area contributed by atoms with Gasteiger partial charge in [0.2, 0.25) is 0 Å². The smallest absolute Gasteiger partial charge is 0.335 e. The van der Waals surface area contributed by atoms with E-state index in [0.29, 0.717) is 12.2 Å². The number of aromatic carboxylic acids is 1. The van der Waals surface area contributed by atoms with Crippen LogP contribution in [0.5, 0.6) is 5.75 Å². The molecule has 0 bridgehead atoms. The van der Waals surface area contributed by atoms with Crippen molar-refractivity contribution < 1.29 is 14.6 Å². The molecule has 2 aromatic carbocycles. The summed E-state index contributed by atoms with van der Waals surface area (Å²) >= 11 is 0. The summed E-state index contributed by atoms with van der Waals surface area (Å²) in [4.78, 5) is 13.3. The second-order valence-electron chi connectivity index (χ2n) is 5.18. The molecule has 0 spiro atoms. The molecular weight excluding hydrogens is 266 g/mol. The van der Waals surface area contributed by atoms with Crippen LogP contribution in [0.2, 0.25) is 0 Å². The predicted molar refractivity (Wildman–Crippen MR) is 81.1 cm³/mol. The van der Waals surface area contributed by atoms with Gasteiger partial charge in [0, 0.05) is 17.8 Å². The standard InChI is InChI=1S/C17H17NO3/c1-12-10-13(17(19)20)6-7-15(12)18-8-9-21-16-5-3-2-4-14(16)11-18/h2-7,10H,8-9,11H2,1H3,(H,19,20). The Labute approximate surface area is 123 Å². The third kappa shape index (κ3) is 2.70. The average molecular weight is 283 g/mol. The van der Waals surface area contributed by atoms with Gasteiger partial charge in [0.05, 0.1) is 12.1 Å². The number of rotatable bonds is 2. The van der Waals surface area contributed by atoms with Gasteiger partial charge in [-0.15, -0.1) is 0 Å². The van der Waals surface area contributed by atoms with Gasteiger partial charge < -0.3 is 14.7 Å². The van der Waals surface area contributed by atoms with E-state index < -0.39 is 5.97 Å². The van der Waals surface area contributed by atoms with E-state index in [1.54, 1.807) is 12.1 Å². The highest BCUT2D eigenvalue weighted by molar-refractivity contribution is 5.88. The Morgan fingerprint density at radius 1 is 1.24 bits per heavy atom. The van der Waals surface area contributed by atoms with E-state index in [4.69, 9.17) is 9.84 Å². The monoisotopic (exact) mass is 283 g/mol. The van der Waals surface area contributed by atoms with Crippen LogP contribution in [-0.4, -0.2) is 24.2 Å². The minimum absolute atomic E-state index is 0.322. The highest BCUT2D eigenvalue weighted by Crippen LogP contribution is 2.28. The summed E-state index contributed by atoms with van der Waals surface area (Å²) in [5.41, 5.74) is 3.49. The zero-order valence-corrected chi connectivity index (χ0v) is 11.9. The molecule has 0 aromatic heterocycles. The molecule has 0 saturated carbocycles. The lowest BCUT2D eigenvalue weighted by atomic mass is 10.1. The molecule has 2 aromatic rings. The van der Waals surface area contributed by atoms with Crippen molar-refractivity contribution in [3.8, 4) is 5.75 Å². The molecule has 4 heteroatoms. The molecule has 0 aliphatic carbocycles. The maximum Gasteiger partial charge on any atom is 0.335 e. The number of fused-ring (bicyclic) bond motifs is 1. The quantitative estimate of drug-likeness (QED) is 0.920. The first-order chi connectivity index (χ1) is 10.1. The summed E-state index contributed by atoms with van der Waals surface area (Å²) in [6.07, 6.45) is 0. The highest BCUT2D eigenvalue weighted by atomic mass is 16.5. The van der Waals surface area contributed by atoms with Crippen molar-refractivity contribution in [2.75, 3.05) is 18.1 Å². The Kier molecular flexibility index (Phi) is 3.52. The molecule has 4 nitrogen and oxygen atoms in total. The number of carboxylic acids is 1. The molecule has 108 valence electrons. The second kappa shape index (κ2) is 5.48. The molecule has 0 amide bonds. The number of hydrogen-bond donors (Lipinski definition) is 1. The van der Waals surface area contributed by atoms with Crippen LogP contribution in [0.4, 0.5) is 5.69 Å². The first-order valence-corrected chi connectivity index (χ1v) is 6.95. The van der Waals surface area contributed by atoms with Crippen molar-refractivity contribution in [2.24, 2.45) is 0 Å². The van der Waals surface area contributed by atoms with Gasteiger partial charge in [-0.25, -0.2) is 4.79 Å². The molecule has 0 radical (unpaired) electrons. The van der Waals surface area contributed by atoms with Crippen LogP contribution in [0.3, 0.4) is 0 Å². The van der Waals surface area contributed by atoms with Crippen molar-refractivity contribution in [1.29, 1.82) is 0 Å². The number of carbonyl (C=O) groups is 1. The lowest BCUT2D eigenvalue weighted by Crippen LogP contribution is -2.26. The maximum absolute atomic E-state index is 11.0. The predicted octanol–water partition coefficient (Wildman–Crippen LogP) is 3.09. The minimum Gasteiger partial charge on any atom is -0.491 e. The topological polar surface area (TPSA) is 49.8 Å². The lowest BCUT2D eigenvalue weighted by molar-refractivity contribution is 0.0697. The van der Waals surface area contributed by atoms with Crippen molar-refractivity contribution in [3.63, 3.8) is 0 Å². The van der Waals surface area contributed by atoms with Crippen molar-refractivity contribution in [3.05, 3.63) is 59.2 Å². The number of carboxylic acid groups (broad SMARTS) is 1. The Balaban J connectivity index is 1.92. The lowest BCUT2D eigenvalue weighted by Gasteiger charge is -2.24. The summed E-state index contributed by atoms with van der Waals surface area (Å²) < 4.78 is 5.77. The molecule has 1 heterocycles. The third-order valence-electron chi connectivity index (χ3n) is 3.74. The van der Waals surface area contributed by atoms with E-state index in [2.05, 4.69) is 11.0 Å². The van der Waals surface area contributed by atoms with Crippen LogP contribution >= 0.6 is 0 Å². The number of aryl methyl sites for hydroxylation is 1.